The van der Waals surface area contributed by atoms with Crippen LogP contribution >= 0.6 is 0 Å². The molecule has 0 aliphatic heterocycles. The minimum atomic E-state index is -0.278. The second-order valence-corrected chi connectivity index (χ2v) is 7.91. The molecule has 6 unspecified atom stereocenters. The maximum Gasteiger partial charge on any atom is 0.161 e. The summed E-state index contributed by atoms with van der Waals surface area (Å²) >= 11 is 0. The fraction of sp³-hybridized carbons (Fsp3) is 0.789. The normalized spacial score (nSPS) is 43.9. The summed E-state index contributed by atoms with van der Waals surface area (Å²) in [6.07, 6.45) is 10.6. The molecule has 3 nitrogen and oxygen atoms in total. The van der Waals surface area contributed by atoms with Crippen molar-refractivity contribution in [2.75, 3.05) is 6.61 Å². The van der Waals surface area contributed by atoms with Crippen LogP contribution in [0.25, 0.3) is 0 Å². The summed E-state index contributed by atoms with van der Waals surface area (Å²) in [6.45, 7) is -0.278. The van der Waals surface area contributed by atoms with Crippen molar-refractivity contribution < 1.29 is 14.7 Å². The van der Waals surface area contributed by atoms with Crippen LogP contribution in [0.15, 0.2) is 11.6 Å². The molecule has 0 aromatic heterocycles. The zero-order chi connectivity index (χ0) is 15.3. The van der Waals surface area contributed by atoms with Gasteiger partial charge in [-0.15, -0.1) is 0 Å². The Kier molecular flexibility index (Phi) is 3.72. The van der Waals surface area contributed by atoms with Gasteiger partial charge in [-0.05, 0) is 80.6 Å². The van der Waals surface area contributed by atoms with E-state index in [1.165, 1.54) is 24.8 Å². The summed E-state index contributed by atoms with van der Waals surface area (Å²) in [5.74, 6) is 3.89. The lowest BCUT2D eigenvalue weighted by Gasteiger charge is -2.49. The highest BCUT2D eigenvalue weighted by Crippen LogP contribution is 2.58. The first-order valence-corrected chi connectivity index (χ1v) is 9.06. The van der Waals surface area contributed by atoms with Crippen LogP contribution in [0.5, 0.6) is 0 Å². The summed E-state index contributed by atoms with van der Waals surface area (Å²) in [5, 5.41) is 9.21. The summed E-state index contributed by atoms with van der Waals surface area (Å²) in [7, 11) is 0. The van der Waals surface area contributed by atoms with Crippen molar-refractivity contribution in [3.8, 4) is 0 Å². The molecule has 0 spiro atoms. The summed E-state index contributed by atoms with van der Waals surface area (Å²) < 4.78 is 0. The minimum Gasteiger partial charge on any atom is -0.389 e. The summed E-state index contributed by atoms with van der Waals surface area (Å²) in [5.41, 5.74) is 1.43. The van der Waals surface area contributed by atoms with Gasteiger partial charge in [0.2, 0.25) is 0 Å². The molecule has 0 aromatic carbocycles. The second kappa shape index (κ2) is 5.59. The van der Waals surface area contributed by atoms with Gasteiger partial charge in [-0.2, -0.15) is 0 Å². The molecule has 0 radical (unpaired) electrons. The molecule has 3 saturated carbocycles. The molecule has 22 heavy (non-hydrogen) atoms. The van der Waals surface area contributed by atoms with Crippen molar-refractivity contribution >= 4 is 11.6 Å². The lowest BCUT2D eigenvalue weighted by atomic mass is 9.55. The molecule has 6 atom stereocenters. The van der Waals surface area contributed by atoms with E-state index in [2.05, 4.69) is 0 Å². The first kappa shape index (κ1) is 14.6. The maximum absolute atomic E-state index is 12.0. The minimum absolute atomic E-state index is 0.0746. The average molecular weight is 302 g/mol. The second-order valence-electron chi connectivity index (χ2n) is 7.91. The highest BCUT2D eigenvalue weighted by molar-refractivity contribution is 5.91. The van der Waals surface area contributed by atoms with Crippen molar-refractivity contribution in [2.45, 2.75) is 51.4 Å². The van der Waals surface area contributed by atoms with Crippen molar-refractivity contribution in [2.24, 2.45) is 35.5 Å². The SMILES string of the molecule is O=C1C=C2CCC3C(CCC4C(C(=O)CO)CCC43)C2CC1. The van der Waals surface area contributed by atoms with Gasteiger partial charge in [0.05, 0.1) is 0 Å². The molecule has 4 aliphatic rings. The number of hydrogen-bond donors (Lipinski definition) is 1. The molecule has 1 N–H and O–H groups in total. The number of allylic oxidation sites excluding steroid dienone is 1. The predicted octanol–water partition coefficient (Wildman–Crippen LogP) is 2.92. The maximum atomic E-state index is 12.0. The van der Waals surface area contributed by atoms with Gasteiger partial charge in [-0.25, -0.2) is 0 Å². The Balaban J connectivity index is 1.55. The number of ketones is 2. The van der Waals surface area contributed by atoms with Crippen molar-refractivity contribution in [1.82, 2.24) is 0 Å². The third-order valence-electron chi connectivity index (χ3n) is 7.19. The van der Waals surface area contributed by atoms with E-state index in [4.69, 9.17) is 0 Å². The molecule has 120 valence electrons. The number of carbonyl (C=O) groups excluding carboxylic acids is 2. The quantitative estimate of drug-likeness (QED) is 0.853. The third-order valence-corrected chi connectivity index (χ3v) is 7.19. The van der Waals surface area contributed by atoms with Gasteiger partial charge in [-0.1, -0.05) is 5.57 Å². The number of aliphatic hydroxyl groups is 1. The predicted molar refractivity (Wildman–Crippen MR) is 83.1 cm³/mol. The van der Waals surface area contributed by atoms with Crippen LogP contribution in [0.3, 0.4) is 0 Å². The van der Waals surface area contributed by atoms with Crippen LogP contribution in [0.4, 0.5) is 0 Å². The van der Waals surface area contributed by atoms with E-state index in [1.54, 1.807) is 0 Å². The molecule has 4 rings (SSSR count). The lowest BCUT2D eigenvalue weighted by Crippen LogP contribution is -2.42. The molecular formula is C19H26O3. The Bertz CT molecular complexity index is 521. The monoisotopic (exact) mass is 302 g/mol. The highest BCUT2D eigenvalue weighted by atomic mass is 16.3. The van der Waals surface area contributed by atoms with Crippen LogP contribution in [-0.4, -0.2) is 23.3 Å². The molecule has 0 bridgehead atoms. The van der Waals surface area contributed by atoms with E-state index in [1.807, 2.05) is 6.08 Å². The Hall–Kier alpha value is -0.960. The van der Waals surface area contributed by atoms with E-state index in [9.17, 15) is 14.7 Å². The number of rotatable bonds is 2. The molecular weight excluding hydrogens is 276 g/mol. The smallest absolute Gasteiger partial charge is 0.161 e. The summed E-state index contributed by atoms with van der Waals surface area (Å²) in [6, 6.07) is 0. The fourth-order valence-electron chi connectivity index (χ4n) is 6.36. The number of fused-ring (bicyclic) bond motifs is 5. The molecule has 0 aromatic rings. The Labute approximate surface area is 132 Å². The van der Waals surface area contributed by atoms with Crippen LogP contribution in [0, 0.1) is 35.5 Å². The Morgan fingerprint density at radius 2 is 1.68 bits per heavy atom. The van der Waals surface area contributed by atoms with Crippen LogP contribution < -0.4 is 0 Å². The van der Waals surface area contributed by atoms with Gasteiger partial charge in [0.25, 0.3) is 0 Å². The average Bonchev–Trinajstić information content (AvgIpc) is 2.97. The molecule has 0 amide bonds. The Morgan fingerprint density at radius 1 is 0.955 bits per heavy atom. The first-order valence-electron chi connectivity index (χ1n) is 9.06. The van der Waals surface area contributed by atoms with E-state index < -0.39 is 0 Å². The van der Waals surface area contributed by atoms with Gasteiger partial charge < -0.3 is 5.11 Å². The van der Waals surface area contributed by atoms with Gasteiger partial charge in [0.1, 0.15) is 6.61 Å². The van der Waals surface area contributed by atoms with E-state index in [0.29, 0.717) is 23.5 Å². The third kappa shape index (κ3) is 2.20. The van der Waals surface area contributed by atoms with Crippen molar-refractivity contribution in [3.63, 3.8) is 0 Å². The zero-order valence-corrected chi connectivity index (χ0v) is 13.2. The van der Waals surface area contributed by atoms with Crippen LogP contribution in [-0.2, 0) is 9.59 Å². The molecule has 0 heterocycles. The van der Waals surface area contributed by atoms with Gasteiger partial charge >= 0.3 is 0 Å². The van der Waals surface area contributed by atoms with Crippen molar-refractivity contribution in [1.29, 1.82) is 0 Å². The molecule has 3 heteroatoms. The van der Waals surface area contributed by atoms with Crippen molar-refractivity contribution in [3.05, 3.63) is 11.6 Å². The van der Waals surface area contributed by atoms with E-state index in [-0.39, 0.29) is 18.3 Å². The number of carbonyl (C=O) groups is 2. The fourth-order valence-corrected chi connectivity index (χ4v) is 6.36. The highest BCUT2D eigenvalue weighted by Gasteiger charge is 2.51. The van der Waals surface area contributed by atoms with Crippen LogP contribution in [0.2, 0.25) is 0 Å². The standard InChI is InChI=1S/C19H26O3/c20-10-19(22)18-8-7-16-15-3-1-11-9-12(21)2-4-13(11)14(15)5-6-17(16)18/h9,13-18,20H,1-8,10H2. The van der Waals surface area contributed by atoms with E-state index in [0.717, 1.165) is 43.9 Å². The lowest BCUT2D eigenvalue weighted by molar-refractivity contribution is -0.128. The summed E-state index contributed by atoms with van der Waals surface area (Å²) in [4.78, 5) is 23.7. The Morgan fingerprint density at radius 3 is 2.50 bits per heavy atom. The topological polar surface area (TPSA) is 54.4 Å². The van der Waals surface area contributed by atoms with Crippen LogP contribution in [0.1, 0.15) is 51.4 Å². The number of aliphatic hydroxyl groups excluding tert-OH is 1. The first-order chi connectivity index (χ1) is 10.7. The van der Waals surface area contributed by atoms with Gasteiger partial charge in [-0.3, -0.25) is 9.59 Å². The molecule has 4 aliphatic carbocycles. The van der Waals surface area contributed by atoms with Gasteiger partial charge in [0.15, 0.2) is 11.6 Å². The number of Topliss-reactive ketones (excluding diaryl/α,β-unsaturated/α-hetero) is 1. The number of hydrogen-bond acceptors (Lipinski definition) is 3. The van der Waals surface area contributed by atoms with E-state index >= 15 is 0 Å². The molecule has 3 fully saturated rings. The zero-order valence-electron chi connectivity index (χ0n) is 13.2. The largest absolute Gasteiger partial charge is 0.389 e. The molecule has 0 saturated heterocycles. The van der Waals surface area contributed by atoms with Gasteiger partial charge in [0, 0.05) is 12.3 Å².